The zero-order chi connectivity index (χ0) is 17.0. The van der Waals surface area contributed by atoms with Crippen molar-refractivity contribution in [2.24, 2.45) is 0 Å². The molecule has 1 aliphatic heterocycles. The maximum absolute atomic E-state index is 12.9. The summed E-state index contributed by atoms with van der Waals surface area (Å²) in [5.41, 5.74) is -0.175. The van der Waals surface area contributed by atoms with Crippen molar-refractivity contribution in [3.8, 4) is 0 Å². The number of nitrogens with zero attached hydrogens (tertiary/aromatic N) is 3. The third kappa shape index (κ3) is 3.55. The van der Waals surface area contributed by atoms with Crippen LogP contribution in [0.5, 0.6) is 0 Å². The van der Waals surface area contributed by atoms with Crippen molar-refractivity contribution in [1.29, 1.82) is 0 Å². The zero-order valence-corrected chi connectivity index (χ0v) is 14.3. The highest BCUT2D eigenvalue weighted by atomic mass is 16.5. The lowest BCUT2D eigenvalue weighted by Gasteiger charge is -2.37. The van der Waals surface area contributed by atoms with E-state index in [2.05, 4.69) is 10.4 Å². The van der Waals surface area contributed by atoms with Gasteiger partial charge >= 0.3 is 0 Å². The van der Waals surface area contributed by atoms with E-state index in [1.165, 1.54) is 0 Å². The highest BCUT2D eigenvalue weighted by Crippen LogP contribution is 2.34. The van der Waals surface area contributed by atoms with Gasteiger partial charge in [0.25, 0.3) is 5.91 Å². The molecule has 0 saturated carbocycles. The van der Waals surface area contributed by atoms with E-state index < -0.39 is 5.54 Å². The van der Waals surface area contributed by atoms with Gasteiger partial charge in [-0.1, -0.05) is 0 Å². The number of likely N-dealkylation sites (tertiary alicyclic amines) is 1. The van der Waals surface area contributed by atoms with E-state index in [9.17, 15) is 9.59 Å². The van der Waals surface area contributed by atoms with E-state index in [1.54, 1.807) is 29.8 Å². The van der Waals surface area contributed by atoms with E-state index >= 15 is 0 Å². The van der Waals surface area contributed by atoms with Crippen LogP contribution in [-0.4, -0.2) is 59.3 Å². The third-order valence-corrected chi connectivity index (χ3v) is 4.38. The molecule has 1 aromatic heterocycles. The lowest BCUT2D eigenvalue weighted by molar-refractivity contribution is -0.123. The number of methoxy groups -OCH3 is 1. The normalized spacial score (nSPS) is 21.0. The van der Waals surface area contributed by atoms with Crippen molar-refractivity contribution in [2.75, 3.05) is 27.3 Å². The summed E-state index contributed by atoms with van der Waals surface area (Å²) in [6.45, 7) is 4.99. The monoisotopic (exact) mass is 322 g/mol. The van der Waals surface area contributed by atoms with Crippen LogP contribution in [0.25, 0.3) is 0 Å². The zero-order valence-electron chi connectivity index (χ0n) is 14.3. The molecule has 1 aromatic rings. The molecule has 1 saturated heterocycles. The van der Waals surface area contributed by atoms with Gasteiger partial charge in [-0.3, -0.25) is 14.3 Å². The van der Waals surface area contributed by atoms with Gasteiger partial charge in [-0.05, 0) is 32.8 Å². The van der Waals surface area contributed by atoms with Crippen LogP contribution >= 0.6 is 0 Å². The van der Waals surface area contributed by atoms with E-state index in [4.69, 9.17) is 4.74 Å². The topological polar surface area (TPSA) is 76.5 Å². The van der Waals surface area contributed by atoms with Gasteiger partial charge in [-0.25, -0.2) is 0 Å². The summed E-state index contributed by atoms with van der Waals surface area (Å²) < 4.78 is 7.10. The first kappa shape index (κ1) is 17.5. The van der Waals surface area contributed by atoms with Gasteiger partial charge in [-0.2, -0.15) is 5.10 Å². The van der Waals surface area contributed by atoms with Crippen LogP contribution in [0, 0.1) is 0 Å². The van der Waals surface area contributed by atoms with Gasteiger partial charge < -0.3 is 15.0 Å². The number of nitrogens with one attached hydrogen (secondary N) is 1. The van der Waals surface area contributed by atoms with E-state index in [0.717, 1.165) is 12.8 Å². The fourth-order valence-corrected chi connectivity index (χ4v) is 3.17. The van der Waals surface area contributed by atoms with Crippen molar-refractivity contribution in [3.05, 3.63) is 18.0 Å². The van der Waals surface area contributed by atoms with Gasteiger partial charge in [0.05, 0.1) is 18.6 Å². The number of carbonyl (C=O) groups excluding carboxylic acids is 2. The number of amides is 2. The minimum Gasteiger partial charge on any atom is -0.382 e. The van der Waals surface area contributed by atoms with E-state index in [-0.39, 0.29) is 24.3 Å². The molecule has 0 aromatic carbocycles. The lowest BCUT2D eigenvalue weighted by Crippen LogP contribution is -2.53. The minimum atomic E-state index is -0.590. The SMILES string of the molecule is CNC(=O)C[C@@]1(COC)CCCN1C(=O)c1ccn(C(C)C)n1. The van der Waals surface area contributed by atoms with Crippen LogP contribution in [0.1, 0.15) is 49.6 Å². The molecule has 1 fully saturated rings. The van der Waals surface area contributed by atoms with Gasteiger partial charge in [0.15, 0.2) is 0 Å². The molecule has 0 radical (unpaired) electrons. The first-order chi connectivity index (χ1) is 10.9. The molecule has 0 spiro atoms. The summed E-state index contributed by atoms with van der Waals surface area (Å²) in [5.74, 6) is -0.225. The third-order valence-electron chi connectivity index (χ3n) is 4.38. The molecule has 2 heterocycles. The maximum Gasteiger partial charge on any atom is 0.274 e. The largest absolute Gasteiger partial charge is 0.382 e. The number of hydrogen-bond donors (Lipinski definition) is 1. The molecule has 7 nitrogen and oxygen atoms in total. The molecule has 0 unspecified atom stereocenters. The molecule has 128 valence electrons. The molecular formula is C16H26N4O3. The summed E-state index contributed by atoms with van der Waals surface area (Å²) in [6, 6.07) is 1.93. The fraction of sp³-hybridized carbons (Fsp3) is 0.688. The number of carbonyl (C=O) groups is 2. The van der Waals surface area contributed by atoms with E-state index in [0.29, 0.717) is 18.8 Å². The highest BCUT2D eigenvalue weighted by molar-refractivity contribution is 5.93. The number of rotatable bonds is 6. The van der Waals surface area contributed by atoms with Crippen molar-refractivity contribution in [3.63, 3.8) is 0 Å². The first-order valence-corrected chi connectivity index (χ1v) is 8.00. The fourth-order valence-electron chi connectivity index (χ4n) is 3.17. The number of ether oxygens (including phenoxy) is 1. The van der Waals surface area contributed by atoms with E-state index in [1.807, 2.05) is 20.0 Å². The molecule has 2 amide bonds. The molecule has 1 N–H and O–H groups in total. The van der Waals surface area contributed by atoms with Crippen LogP contribution in [-0.2, 0) is 9.53 Å². The molecule has 1 aliphatic rings. The van der Waals surface area contributed by atoms with Crippen molar-refractivity contribution >= 4 is 11.8 Å². The van der Waals surface area contributed by atoms with Crippen molar-refractivity contribution in [2.45, 2.75) is 44.7 Å². The van der Waals surface area contributed by atoms with Crippen LogP contribution in [0.2, 0.25) is 0 Å². The Kier molecular flexibility index (Phi) is 5.41. The smallest absolute Gasteiger partial charge is 0.274 e. The summed E-state index contributed by atoms with van der Waals surface area (Å²) in [7, 11) is 3.20. The predicted molar refractivity (Wildman–Crippen MR) is 86.2 cm³/mol. The Labute approximate surface area is 137 Å². The molecular weight excluding hydrogens is 296 g/mol. The molecule has 0 bridgehead atoms. The lowest BCUT2D eigenvalue weighted by atomic mass is 9.92. The molecule has 2 rings (SSSR count). The van der Waals surface area contributed by atoms with Gasteiger partial charge in [0.1, 0.15) is 5.69 Å². The summed E-state index contributed by atoms with van der Waals surface area (Å²) >= 11 is 0. The first-order valence-electron chi connectivity index (χ1n) is 8.00. The second kappa shape index (κ2) is 7.12. The van der Waals surface area contributed by atoms with Gasteiger partial charge in [0, 0.05) is 32.9 Å². The van der Waals surface area contributed by atoms with Crippen LogP contribution in [0.15, 0.2) is 12.3 Å². The Morgan fingerprint density at radius 1 is 1.48 bits per heavy atom. The van der Waals surface area contributed by atoms with Gasteiger partial charge in [-0.15, -0.1) is 0 Å². The van der Waals surface area contributed by atoms with Crippen LogP contribution in [0.3, 0.4) is 0 Å². The Hall–Kier alpha value is -1.89. The standard InChI is InChI=1S/C16H26N4O3/c1-12(2)20-9-6-13(18-20)15(22)19-8-5-7-16(19,11-23-4)10-14(21)17-3/h6,9,12H,5,7-8,10-11H2,1-4H3,(H,17,21)/t16-/m1/s1. The second-order valence-corrected chi connectivity index (χ2v) is 6.34. The molecule has 23 heavy (non-hydrogen) atoms. The Morgan fingerprint density at radius 2 is 2.22 bits per heavy atom. The number of aromatic nitrogens is 2. The van der Waals surface area contributed by atoms with Crippen LogP contribution in [0.4, 0.5) is 0 Å². The Bertz CT molecular complexity index is 569. The predicted octanol–water partition coefficient (Wildman–Crippen LogP) is 1.22. The minimum absolute atomic E-state index is 0.0885. The second-order valence-electron chi connectivity index (χ2n) is 6.34. The average Bonchev–Trinajstić information content (AvgIpc) is 3.14. The number of hydrogen-bond acceptors (Lipinski definition) is 4. The van der Waals surface area contributed by atoms with Crippen molar-refractivity contribution in [1.82, 2.24) is 20.0 Å². The quantitative estimate of drug-likeness (QED) is 0.854. The summed E-state index contributed by atoms with van der Waals surface area (Å²) in [5, 5.41) is 7.00. The van der Waals surface area contributed by atoms with Crippen LogP contribution < -0.4 is 5.32 Å². The Morgan fingerprint density at radius 3 is 2.78 bits per heavy atom. The summed E-state index contributed by atoms with van der Waals surface area (Å²) in [4.78, 5) is 26.6. The van der Waals surface area contributed by atoms with Crippen molar-refractivity contribution < 1.29 is 14.3 Å². The summed E-state index contributed by atoms with van der Waals surface area (Å²) in [6.07, 6.45) is 3.67. The Balaban J connectivity index is 2.26. The molecule has 7 heteroatoms. The highest BCUT2D eigenvalue weighted by Gasteiger charge is 2.45. The maximum atomic E-state index is 12.9. The molecule has 1 atom stereocenters. The van der Waals surface area contributed by atoms with Gasteiger partial charge in [0.2, 0.25) is 5.91 Å². The average molecular weight is 322 g/mol. The molecule has 0 aliphatic carbocycles.